The van der Waals surface area contributed by atoms with Crippen LogP contribution in [0, 0.1) is 33.6 Å². The van der Waals surface area contributed by atoms with Gasteiger partial charge in [-0.2, -0.15) is 0 Å². The average Bonchev–Trinajstić information content (AvgIpc) is 3.44. The fraction of sp³-hybridized carbons (Fsp3) is 0.440. The Morgan fingerprint density at radius 2 is 1.69 bits per heavy atom. The van der Waals surface area contributed by atoms with Crippen LogP contribution in [0.15, 0.2) is 24.3 Å². The van der Waals surface area contributed by atoms with Crippen LogP contribution < -0.4 is 4.90 Å². The van der Waals surface area contributed by atoms with Gasteiger partial charge in [0.15, 0.2) is 0 Å². The predicted molar refractivity (Wildman–Crippen MR) is 124 cm³/mol. The van der Waals surface area contributed by atoms with Gasteiger partial charge in [-0.1, -0.05) is 36.2 Å². The molecule has 152 valence electrons. The predicted octanol–water partition coefficient (Wildman–Crippen LogP) is 6.81. The highest BCUT2D eigenvalue weighted by Crippen LogP contribution is 2.39. The van der Waals surface area contributed by atoms with Crippen LogP contribution in [0.25, 0.3) is 22.0 Å². The topological polar surface area (TPSA) is 29.0 Å². The first-order chi connectivity index (χ1) is 13.9. The Morgan fingerprint density at radius 1 is 1.00 bits per heavy atom. The van der Waals surface area contributed by atoms with E-state index in [2.05, 4.69) is 50.8 Å². The number of fused-ring (bicyclic) bond motifs is 1. The summed E-state index contributed by atoms with van der Waals surface area (Å²) in [6, 6.07) is 8.58. The van der Waals surface area contributed by atoms with Crippen LogP contribution in [-0.2, 0) is 0 Å². The van der Waals surface area contributed by atoms with E-state index in [0.29, 0.717) is 0 Å². The molecule has 0 unspecified atom stereocenters. The summed E-state index contributed by atoms with van der Waals surface area (Å²) < 4.78 is 0. The second-order valence-electron chi connectivity index (χ2n) is 8.61. The Balaban J connectivity index is 1.97. The zero-order valence-corrected chi connectivity index (χ0v) is 18.9. The van der Waals surface area contributed by atoms with E-state index in [1.54, 1.807) is 0 Å². The van der Waals surface area contributed by atoms with Crippen molar-refractivity contribution < 1.29 is 0 Å². The van der Waals surface area contributed by atoms with Crippen LogP contribution in [-0.4, -0.2) is 23.1 Å². The fourth-order valence-electron chi connectivity index (χ4n) is 4.49. The molecule has 1 heterocycles. The molecule has 1 aliphatic carbocycles. The van der Waals surface area contributed by atoms with Crippen molar-refractivity contribution in [1.82, 2.24) is 9.97 Å². The molecule has 0 amide bonds. The summed E-state index contributed by atoms with van der Waals surface area (Å²) in [5.41, 5.74) is 7.14. The molecular weight excluding hydrogens is 378 g/mol. The minimum Gasteiger partial charge on any atom is -0.356 e. The van der Waals surface area contributed by atoms with Crippen molar-refractivity contribution in [2.75, 3.05) is 18.0 Å². The standard InChI is InChI=1S/C25H30ClN3/c1-6-9-29(14-19-7-8-19)25-22-13-20(26)12-21(24(22)27-18(5)28-25)23-16(3)10-15(2)11-17(23)4/h10-13,19H,6-9,14H2,1-5H3. The normalized spacial score (nSPS) is 13.9. The lowest BCUT2D eigenvalue weighted by atomic mass is 9.92. The molecule has 1 saturated carbocycles. The SMILES string of the molecule is CCCN(CC1CC1)c1nc(C)nc2c(-c3c(C)cc(C)cc3C)cc(Cl)cc12. The summed E-state index contributed by atoms with van der Waals surface area (Å²) in [5.74, 6) is 2.65. The Hall–Kier alpha value is -2.13. The van der Waals surface area contributed by atoms with Crippen molar-refractivity contribution in [1.29, 1.82) is 0 Å². The zero-order chi connectivity index (χ0) is 20.7. The summed E-state index contributed by atoms with van der Waals surface area (Å²) in [4.78, 5) is 12.2. The van der Waals surface area contributed by atoms with Gasteiger partial charge >= 0.3 is 0 Å². The van der Waals surface area contributed by atoms with Gasteiger partial charge in [0.2, 0.25) is 0 Å². The third-order valence-electron chi connectivity index (χ3n) is 5.77. The summed E-state index contributed by atoms with van der Waals surface area (Å²) in [7, 11) is 0. The van der Waals surface area contributed by atoms with Gasteiger partial charge < -0.3 is 4.90 Å². The van der Waals surface area contributed by atoms with Crippen LogP contribution in [0.1, 0.15) is 48.7 Å². The molecule has 0 N–H and O–H groups in total. The molecule has 0 bridgehead atoms. The summed E-state index contributed by atoms with van der Waals surface area (Å²) in [5, 5.41) is 1.80. The number of hydrogen-bond donors (Lipinski definition) is 0. The number of rotatable bonds is 6. The van der Waals surface area contributed by atoms with Gasteiger partial charge in [-0.15, -0.1) is 0 Å². The molecule has 29 heavy (non-hydrogen) atoms. The average molecular weight is 408 g/mol. The first-order valence-corrected chi connectivity index (χ1v) is 11.1. The number of aromatic nitrogens is 2. The first kappa shape index (κ1) is 20.2. The van der Waals surface area contributed by atoms with E-state index in [4.69, 9.17) is 21.6 Å². The number of nitrogens with zero attached hydrogens (tertiary/aromatic N) is 3. The molecule has 0 aliphatic heterocycles. The molecule has 4 rings (SSSR count). The maximum atomic E-state index is 6.65. The molecule has 1 aliphatic rings. The van der Waals surface area contributed by atoms with Gasteiger partial charge in [0.25, 0.3) is 0 Å². The highest BCUT2D eigenvalue weighted by molar-refractivity contribution is 6.32. The van der Waals surface area contributed by atoms with Gasteiger partial charge in [0, 0.05) is 29.1 Å². The van der Waals surface area contributed by atoms with Crippen LogP contribution >= 0.6 is 11.6 Å². The third-order valence-corrected chi connectivity index (χ3v) is 5.99. The Morgan fingerprint density at radius 3 is 2.31 bits per heavy atom. The van der Waals surface area contributed by atoms with E-state index in [0.717, 1.165) is 58.6 Å². The van der Waals surface area contributed by atoms with Gasteiger partial charge in [-0.25, -0.2) is 9.97 Å². The van der Waals surface area contributed by atoms with Crippen molar-refractivity contribution in [2.24, 2.45) is 5.92 Å². The molecule has 0 spiro atoms. The Bertz CT molecular complexity index is 1050. The van der Waals surface area contributed by atoms with Gasteiger partial charge in [0.05, 0.1) is 5.52 Å². The zero-order valence-electron chi connectivity index (χ0n) is 18.1. The van der Waals surface area contributed by atoms with Crippen molar-refractivity contribution in [3.05, 3.63) is 51.8 Å². The minimum atomic E-state index is 0.739. The molecule has 0 radical (unpaired) electrons. The van der Waals surface area contributed by atoms with E-state index in [-0.39, 0.29) is 0 Å². The fourth-order valence-corrected chi connectivity index (χ4v) is 4.71. The van der Waals surface area contributed by atoms with Crippen molar-refractivity contribution in [3.8, 4) is 11.1 Å². The smallest absolute Gasteiger partial charge is 0.140 e. The molecule has 0 saturated heterocycles. The Labute approximate surface area is 179 Å². The number of halogens is 1. The number of hydrogen-bond acceptors (Lipinski definition) is 3. The summed E-state index contributed by atoms with van der Waals surface area (Å²) in [6.45, 7) is 12.8. The lowest BCUT2D eigenvalue weighted by molar-refractivity contribution is 0.699. The van der Waals surface area contributed by atoms with Crippen LogP contribution in [0.3, 0.4) is 0 Å². The molecule has 3 nitrogen and oxygen atoms in total. The molecule has 2 aromatic carbocycles. The maximum Gasteiger partial charge on any atom is 0.140 e. The number of benzene rings is 2. The highest BCUT2D eigenvalue weighted by Gasteiger charge is 2.26. The number of anilines is 1. The molecule has 3 aromatic rings. The number of aryl methyl sites for hydroxylation is 4. The van der Waals surface area contributed by atoms with E-state index < -0.39 is 0 Å². The highest BCUT2D eigenvalue weighted by atomic mass is 35.5. The van der Waals surface area contributed by atoms with Crippen molar-refractivity contribution in [2.45, 2.75) is 53.9 Å². The second-order valence-corrected chi connectivity index (χ2v) is 9.04. The second kappa shape index (κ2) is 7.95. The minimum absolute atomic E-state index is 0.739. The lowest BCUT2D eigenvalue weighted by Crippen LogP contribution is -2.28. The largest absolute Gasteiger partial charge is 0.356 e. The van der Waals surface area contributed by atoms with E-state index in [1.165, 1.54) is 35.1 Å². The molecular formula is C25H30ClN3. The van der Waals surface area contributed by atoms with Crippen molar-refractivity contribution in [3.63, 3.8) is 0 Å². The van der Waals surface area contributed by atoms with Crippen molar-refractivity contribution >= 4 is 28.3 Å². The van der Waals surface area contributed by atoms with E-state index in [1.807, 2.05) is 13.0 Å². The molecule has 4 heteroatoms. The van der Waals surface area contributed by atoms with E-state index in [9.17, 15) is 0 Å². The van der Waals surface area contributed by atoms with Crippen LogP contribution in [0.5, 0.6) is 0 Å². The van der Waals surface area contributed by atoms with Crippen LogP contribution in [0.4, 0.5) is 5.82 Å². The van der Waals surface area contributed by atoms with Gasteiger partial charge in [-0.3, -0.25) is 0 Å². The van der Waals surface area contributed by atoms with Gasteiger partial charge in [-0.05, 0) is 81.7 Å². The Kier molecular flexibility index (Phi) is 5.52. The first-order valence-electron chi connectivity index (χ1n) is 10.7. The lowest BCUT2D eigenvalue weighted by Gasteiger charge is -2.25. The maximum absolute atomic E-state index is 6.65. The molecule has 1 fully saturated rings. The molecule has 1 aromatic heterocycles. The quantitative estimate of drug-likeness (QED) is 0.449. The summed E-state index contributed by atoms with van der Waals surface area (Å²) in [6.07, 6.45) is 3.76. The summed E-state index contributed by atoms with van der Waals surface area (Å²) >= 11 is 6.65. The molecule has 0 atom stereocenters. The van der Waals surface area contributed by atoms with E-state index >= 15 is 0 Å². The van der Waals surface area contributed by atoms with Gasteiger partial charge in [0.1, 0.15) is 11.6 Å². The monoisotopic (exact) mass is 407 g/mol. The third kappa shape index (κ3) is 4.11. The van der Waals surface area contributed by atoms with Crippen LogP contribution in [0.2, 0.25) is 5.02 Å².